The van der Waals surface area contributed by atoms with Crippen LogP contribution in [0.25, 0.3) is 0 Å². The maximum Gasteiger partial charge on any atom is 0.122 e. The number of hydrogen-bond acceptors (Lipinski definition) is 5. The van der Waals surface area contributed by atoms with E-state index < -0.39 is 0 Å². The molecule has 0 radical (unpaired) electrons. The van der Waals surface area contributed by atoms with E-state index in [-0.39, 0.29) is 11.5 Å². The van der Waals surface area contributed by atoms with Crippen LogP contribution in [0.2, 0.25) is 0 Å². The molecule has 2 aromatic heterocycles. The summed E-state index contributed by atoms with van der Waals surface area (Å²) >= 11 is 1.80. The predicted molar refractivity (Wildman–Crippen MR) is 96.9 cm³/mol. The number of thiazole rings is 1. The zero-order valence-corrected chi connectivity index (χ0v) is 15.7. The van der Waals surface area contributed by atoms with Gasteiger partial charge in [0, 0.05) is 29.6 Å². The molecule has 2 heterocycles. The highest BCUT2D eigenvalue weighted by molar-refractivity contribution is 7.11. The van der Waals surface area contributed by atoms with Crippen LogP contribution in [0.15, 0.2) is 29.0 Å². The highest BCUT2D eigenvalue weighted by Gasteiger charge is 2.21. The lowest BCUT2D eigenvalue weighted by molar-refractivity contribution is 0.188. The Bertz CT molecular complexity index is 567. The molecule has 2 rings (SSSR count). The summed E-state index contributed by atoms with van der Waals surface area (Å²) in [6, 6.07) is 4.30. The van der Waals surface area contributed by atoms with Crippen molar-refractivity contribution in [3.63, 3.8) is 0 Å². The van der Waals surface area contributed by atoms with E-state index in [4.69, 9.17) is 4.42 Å². The smallest absolute Gasteiger partial charge is 0.122 e. The number of furan rings is 1. The molecule has 0 bridgehead atoms. The number of hydrogen-bond donors (Lipinski definition) is 1. The fourth-order valence-corrected chi connectivity index (χ4v) is 3.56. The lowest BCUT2D eigenvalue weighted by Crippen LogP contribution is -2.35. The van der Waals surface area contributed by atoms with Crippen molar-refractivity contribution in [1.82, 2.24) is 15.2 Å². The molecule has 2 aromatic rings. The van der Waals surface area contributed by atoms with E-state index in [1.54, 1.807) is 17.6 Å². The van der Waals surface area contributed by atoms with Crippen LogP contribution in [0, 0.1) is 0 Å². The van der Waals surface area contributed by atoms with Gasteiger partial charge >= 0.3 is 0 Å². The van der Waals surface area contributed by atoms with Gasteiger partial charge in [-0.05, 0) is 25.2 Å². The highest BCUT2D eigenvalue weighted by atomic mass is 32.1. The Kier molecular flexibility index (Phi) is 6.39. The van der Waals surface area contributed by atoms with Crippen molar-refractivity contribution < 1.29 is 4.42 Å². The van der Waals surface area contributed by atoms with E-state index >= 15 is 0 Å². The molecule has 0 spiro atoms. The first kappa shape index (κ1) is 18.2. The third kappa shape index (κ3) is 4.90. The molecule has 0 aliphatic rings. The van der Waals surface area contributed by atoms with Crippen molar-refractivity contribution in [2.45, 2.75) is 52.6 Å². The first-order valence-electron chi connectivity index (χ1n) is 8.39. The Morgan fingerprint density at radius 3 is 2.57 bits per heavy atom. The number of aromatic nitrogens is 1. The standard InChI is InChI=1S/C18H29N3OS/c1-6-21(7-2)15(16-9-8-10-22-16)13-19-11-14-12-20-17(23-14)18(3,4)5/h8-10,12,15,19H,6-7,11,13H2,1-5H3. The van der Waals surface area contributed by atoms with Gasteiger partial charge in [-0.25, -0.2) is 4.98 Å². The minimum atomic E-state index is 0.126. The van der Waals surface area contributed by atoms with Gasteiger partial charge < -0.3 is 9.73 Å². The Balaban J connectivity index is 1.95. The van der Waals surface area contributed by atoms with E-state index in [0.29, 0.717) is 0 Å². The van der Waals surface area contributed by atoms with Gasteiger partial charge in [0.25, 0.3) is 0 Å². The summed E-state index contributed by atoms with van der Waals surface area (Å²) in [5.74, 6) is 1.03. The van der Waals surface area contributed by atoms with Crippen molar-refractivity contribution in [2.75, 3.05) is 19.6 Å². The maximum atomic E-state index is 5.64. The van der Waals surface area contributed by atoms with Crippen molar-refractivity contribution in [2.24, 2.45) is 0 Å². The van der Waals surface area contributed by atoms with Gasteiger partial charge in [-0.1, -0.05) is 34.6 Å². The monoisotopic (exact) mass is 335 g/mol. The summed E-state index contributed by atoms with van der Waals surface area (Å²) in [4.78, 5) is 8.25. The molecule has 0 aliphatic carbocycles. The lowest BCUT2D eigenvalue weighted by Gasteiger charge is -2.28. The summed E-state index contributed by atoms with van der Waals surface area (Å²) in [6.07, 6.45) is 3.75. The van der Waals surface area contributed by atoms with Crippen LogP contribution >= 0.6 is 11.3 Å². The molecule has 0 amide bonds. The van der Waals surface area contributed by atoms with Crippen LogP contribution in [-0.2, 0) is 12.0 Å². The molecule has 128 valence electrons. The Morgan fingerprint density at radius 2 is 2.04 bits per heavy atom. The number of nitrogens with zero attached hydrogens (tertiary/aromatic N) is 2. The Morgan fingerprint density at radius 1 is 1.30 bits per heavy atom. The zero-order valence-electron chi connectivity index (χ0n) is 14.9. The van der Waals surface area contributed by atoms with Gasteiger partial charge in [-0.15, -0.1) is 11.3 Å². The molecule has 1 unspecified atom stereocenters. The Labute approximate surface area is 143 Å². The largest absolute Gasteiger partial charge is 0.468 e. The van der Waals surface area contributed by atoms with Crippen LogP contribution in [0.1, 0.15) is 56.3 Å². The van der Waals surface area contributed by atoms with E-state index in [0.717, 1.165) is 31.9 Å². The van der Waals surface area contributed by atoms with Crippen LogP contribution in [-0.4, -0.2) is 29.5 Å². The van der Waals surface area contributed by atoms with E-state index in [1.807, 2.05) is 12.3 Å². The molecule has 0 aliphatic heterocycles. The lowest BCUT2D eigenvalue weighted by atomic mass is 9.98. The fraction of sp³-hybridized carbons (Fsp3) is 0.611. The summed E-state index contributed by atoms with van der Waals surface area (Å²) in [5, 5.41) is 4.77. The predicted octanol–water partition coefficient (Wildman–Crippen LogP) is 4.21. The fourth-order valence-electron chi connectivity index (χ4n) is 2.62. The summed E-state index contributed by atoms with van der Waals surface area (Å²) in [5.41, 5.74) is 0.126. The minimum absolute atomic E-state index is 0.126. The second-order valence-corrected chi connectivity index (χ2v) is 7.88. The molecule has 23 heavy (non-hydrogen) atoms. The average Bonchev–Trinajstić information content (AvgIpc) is 3.17. The first-order chi connectivity index (χ1) is 11.0. The zero-order chi connectivity index (χ0) is 16.9. The van der Waals surface area contributed by atoms with Crippen LogP contribution < -0.4 is 5.32 Å². The summed E-state index contributed by atoms with van der Waals surface area (Å²) in [6.45, 7) is 14.8. The molecule has 4 nitrogen and oxygen atoms in total. The second kappa shape index (κ2) is 8.08. The van der Waals surface area contributed by atoms with Gasteiger partial charge in [-0.3, -0.25) is 4.90 Å². The number of likely N-dealkylation sites (N-methyl/N-ethyl adjacent to an activating group) is 1. The molecular formula is C18H29N3OS. The molecule has 5 heteroatoms. The average molecular weight is 336 g/mol. The van der Waals surface area contributed by atoms with Crippen molar-refractivity contribution in [3.8, 4) is 0 Å². The number of nitrogens with one attached hydrogen (secondary N) is 1. The van der Waals surface area contributed by atoms with Crippen LogP contribution in [0.5, 0.6) is 0 Å². The number of rotatable bonds is 8. The van der Waals surface area contributed by atoms with E-state index in [2.05, 4.69) is 55.9 Å². The SMILES string of the molecule is CCN(CC)C(CNCc1cnc(C(C)(C)C)s1)c1ccco1. The van der Waals surface area contributed by atoms with Gasteiger partial charge in [0.2, 0.25) is 0 Å². The molecular weight excluding hydrogens is 306 g/mol. The van der Waals surface area contributed by atoms with Gasteiger partial charge in [0.05, 0.1) is 17.3 Å². The molecule has 0 saturated carbocycles. The first-order valence-corrected chi connectivity index (χ1v) is 9.20. The topological polar surface area (TPSA) is 41.3 Å². The van der Waals surface area contributed by atoms with Crippen LogP contribution in [0.3, 0.4) is 0 Å². The van der Waals surface area contributed by atoms with Crippen molar-refractivity contribution in [3.05, 3.63) is 40.2 Å². The molecule has 0 saturated heterocycles. The van der Waals surface area contributed by atoms with Crippen molar-refractivity contribution >= 4 is 11.3 Å². The van der Waals surface area contributed by atoms with E-state index in [9.17, 15) is 0 Å². The summed E-state index contributed by atoms with van der Waals surface area (Å²) < 4.78 is 5.64. The van der Waals surface area contributed by atoms with Gasteiger partial charge in [0.15, 0.2) is 0 Å². The highest BCUT2D eigenvalue weighted by Crippen LogP contribution is 2.27. The maximum absolute atomic E-state index is 5.64. The van der Waals surface area contributed by atoms with Crippen LogP contribution in [0.4, 0.5) is 0 Å². The molecule has 0 fully saturated rings. The van der Waals surface area contributed by atoms with Crippen molar-refractivity contribution in [1.29, 1.82) is 0 Å². The van der Waals surface area contributed by atoms with E-state index in [1.165, 1.54) is 9.88 Å². The second-order valence-electron chi connectivity index (χ2n) is 6.77. The normalized spacial score (nSPS) is 13.7. The third-order valence-electron chi connectivity index (χ3n) is 3.96. The van der Waals surface area contributed by atoms with Gasteiger partial charge in [-0.2, -0.15) is 0 Å². The summed E-state index contributed by atoms with van der Waals surface area (Å²) in [7, 11) is 0. The minimum Gasteiger partial charge on any atom is -0.468 e. The quantitative estimate of drug-likeness (QED) is 0.785. The Hall–Kier alpha value is -1.17. The third-order valence-corrected chi connectivity index (χ3v) is 5.38. The molecule has 1 N–H and O–H groups in total. The molecule has 0 aromatic carbocycles. The van der Waals surface area contributed by atoms with Gasteiger partial charge in [0.1, 0.15) is 5.76 Å². The molecule has 1 atom stereocenters.